The molecule has 5 nitrogen and oxygen atoms in total. The fourth-order valence-corrected chi connectivity index (χ4v) is 3.52. The first-order valence-corrected chi connectivity index (χ1v) is 12.5. The standard InChI is InChI=1S/C16H10N2O.C8H10ClN.C8H7N/c17-11-12-4-3-5-13(10-12)15-7-8-16(19-15)14-6-1-2-9-18-14;1-2-3-8-5-4-7(9)6-10-8;1-7-3-2-4-8(5-7)6-9/h1-10H;4-6H,2-3H2,1H3;2-5H,1H3. The molecular weight excluding hydrogens is 492 g/mol. The molecule has 0 fully saturated rings. The second-order valence-electron chi connectivity index (χ2n) is 8.27. The van der Waals surface area contributed by atoms with Gasteiger partial charge >= 0.3 is 0 Å². The second kappa shape index (κ2) is 14.8. The highest BCUT2D eigenvalue weighted by Crippen LogP contribution is 2.27. The highest BCUT2D eigenvalue weighted by Gasteiger charge is 2.07. The van der Waals surface area contributed by atoms with E-state index in [0.717, 1.165) is 52.4 Å². The Morgan fingerprint density at radius 2 is 1.53 bits per heavy atom. The molecule has 0 amide bonds. The number of nitriles is 2. The molecular formula is C32H27ClN4O. The van der Waals surface area contributed by atoms with Gasteiger partial charge in [0.05, 0.1) is 28.3 Å². The molecule has 0 unspecified atom stereocenters. The maximum atomic E-state index is 8.90. The number of pyridine rings is 2. The van der Waals surface area contributed by atoms with Gasteiger partial charge in [-0.25, -0.2) is 0 Å². The summed E-state index contributed by atoms with van der Waals surface area (Å²) in [5, 5.41) is 18.0. The fraction of sp³-hybridized carbons (Fsp3) is 0.125. The van der Waals surface area contributed by atoms with E-state index in [2.05, 4.69) is 29.0 Å². The molecule has 5 rings (SSSR count). The SMILES string of the molecule is CCCc1ccc(Cl)cn1.Cc1cccc(C#N)c1.N#Cc1cccc(-c2ccc(-c3ccccn3)o2)c1. The number of aromatic nitrogens is 2. The maximum absolute atomic E-state index is 8.90. The minimum atomic E-state index is 0.619. The van der Waals surface area contributed by atoms with Crippen LogP contribution < -0.4 is 0 Å². The highest BCUT2D eigenvalue weighted by atomic mass is 35.5. The average molecular weight is 519 g/mol. The molecule has 0 aliphatic carbocycles. The largest absolute Gasteiger partial charge is 0.454 e. The van der Waals surface area contributed by atoms with Crippen molar-refractivity contribution in [2.75, 3.05) is 0 Å². The van der Waals surface area contributed by atoms with Crippen molar-refractivity contribution in [1.82, 2.24) is 9.97 Å². The van der Waals surface area contributed by atoms with Crippen LogP contribution in [0.2, 0.25) is 5.02 Å². The van der Waals surface area contributed by atoms with Crippen molar-refractivity contribution in [1.29, 1.82) is 10.5 Å². The summed E-state index contributed by atoms with van der Waals surface area (Å²) in [6.45, 7) is 4.11. The Kier molecular flexibility index (Phi) is 10.8. The van der Waals surface area contributed by atoms with Crippen LogP contribution in [0.4, 0.5) is 0 Å². The summed E-state index contributed by atoms with van der Waals surface area (Å²) in [5.74, 6) is 1.45. The monoisotopic (exact) mass is 518 g/mol. The van der Waals surface area contributed by atoms with Crippen molar-refractivity contribution in [3.8, 4) is 34.9 Å². The van der Waals surface area contributed by atoms with E-state index in [1.807, 2.05) is 79.7 Å². The predicted octanol–water partition coefficient (Wildman–Crippen LogP) is 8.43. The lowest BCUT2D eigenvalue weighted by Crippen LogP contribution is -1.86. The highest BCUT2D eigenvalue weighted by molar-refractivity contribution is 6.30. The van der Waals surface area contributed by atoms with Gasteiger partial charge in [-0.2, -0.15) is 10.5 Å². The van der Waals surface area contributed by atoms with E-state index in [-0.39, 0.29) is 0 Å². The molecule has 0 aliphatic rings. The van der Waals surface area contributed by atoms with Crippen LogP contribution in [0.15, 0.2) is 108 Å². The minimum absolute atomic E-state index is 0.619. The third-order valence-electron chi connectivity index (χ3n) is 5.24. The van der Waals surface area contributed by atoms with Crippen LogP contribution in [0, 0.1) is 29.6 Å². The molecule has 0 spiro atoms. The van der Waals surface area contributed by atoms with Gasteiger partial charge in [-0.05, 0) is 79.6 Å². The summed E-state index contributed by atoms with van der Waals surface area (Å²) >= 11 is 5.65. The number of halogens is 1. The number of furan rings is 1. The molecule has 188 valence electrons. The Balaban J connectivity index is 0.000000177. The Morgan fingerprint density at radius 3 is 2.13 bits per heavy atom. The van der Waals surface area contributed by atoms with Crippen LogP contribution in [0.1, 0.15) is 35.7 Å². The van der Waals surface area contributed by atoms with Crippen LogP contribution in [-0.4, -0.2) is 9.97 Å². The zero-order valence-electron chi connectivity index (χ0n) is 21.3. The first kappa shape index (κ1) is 27.9. The number of hydrogen-bond donors (Lipinski definition) is 0. The fourth-order valence-electron chi connectivity index (χ4n) is 3.41. The van der Waals surface area contributed by atoms with Crippen LogP contribution in [0.5, 0.6) is 0 Å². The lowest BCUT2D eigenvalue weighted by molar-refractivity contribution is 0.595. The minimum Gasteiger partial charge on any atom is -0.454 e. The number of hydrogen-bond acceptors (Lipinski definition) is 5. The average Bonchev–Trinajstić information content (AvgIpc) is 3.46. The van der Waals surface area contributed by atoms with Crippen molar-refractivity contribution in [2.24, 2.45) is 0 Å². The van der Waals surface area contributed by atoms with Crippen LogP contribution in [0.3, 0.4) is 0 Å². The molecule has 5 aromatic rings. The summed E-state index contributed by atoms with van der Waals surface area (Å²) in [5.41, 5.74) is 5.29. The molecule has 0 N–H and O–H groups in total. The van der Waals surface area contributed by atoms with Crippen molar-refractivity contribution >= 4 is 11.6 Å². The van der Waals surface area contributed by atoms with E-state index in [9.17, 15) is 0 Å². The summed E-state index contributed by atoms with van der Waals surface area (Å²) < 4.78 is 5.78. The maximum Gasteiger partial charge on any atom is 0.153 e. The number of rotatable bonds is 4. The number of benzene rings is 2. The van der Waals surface area contributed by atoms with Gasteiger partial charge in [0.1, 0.15) is 11.5 Å². The van der Waals surface area contributed by atoms with E-state index in [1.165, 1.54) is 0 Å². The van der Waals surface area contributed by atoms with Gasteiger partial charge in [0.2, 0.25) is 0 Å². The van der Waals surface area contributed by atoms with Gasteiger partial charge in [-0.1, -0.05) is 55.3 Å². The normalized spacial score (nSPS) is 9.61. The van der Waals surface area contributed by atoms with Gasteiger partial charge in [0.15, 0.2) is 5.76 Å². The molecule has 0 saturated carbocycles. The van der Waals surface area contributed by atoms with Gasteiger partial charge in [0, 0.05) is 23.7 Å². The summed E-state index contributed by atoms with van der Waals surface area (Å²) in [4.78, 5) is 8.38. The van der Waals surface area contributed by atoms with Crippen LogP contribution >= 0.6 is 11.6 Å². The van der Waals surface area contributed by atoms with Crippen molar-refractivity contribution in [3.63, 3.8) is 0 Å². The van der Waals surface area contributed by atoms with E-state index in [0.29, 0.717) is 10.6 Å². The smallest absolute Gasteiger partial charge is 0.153 e. The van der Waals surface area contributed by atoms with E-state index in [4.69, 9.17) is 26.5 Å². The molecule has 2 aromatic carbocycles. The third-order valence-corrected chi connectivity index (χ3v) is 5.47. The molecule has 0 aliphatic heterocycles. The van der Waals surface area contributed by atoms with E-state index in [1.54, 1.807) is 30.6 Å². The molecule has 0 atom stereocenters. The Morgan fingerprint density at radius 1 is 0.789 bits per heavy atom. The molecule has 0 radical (unpaired) electrons. The van der Waals surface area contributed by atoms with Crippen LogP contribution in [0.25, 0.3) is 22.8 Å². The third kappa shape index (κ3) is 8.75. The Hall–Kier alpha value is -4.71. The molecule has 6 heteroatoms. The lowest BCUT2D eigenvalue weighted by atomic mass is 10.1. The molecule has 38 heavy (non-hydrogen) atoms. The van der Waals surface area contributed by atoms with Gasteiger partial charge in [-0.15, -0.1) is 0 Å². The molecule has 3 aromatic heterocycles. The lowest BCUT2D eigenvalue weighted by Gasteiger charge is -1.98. The van der Waals surface area contributed by atoms with Crippen molar-refractivity contribution < 1.29 is 4.42 Å². The molecule has 0 saturated heterocycles. The van der Waals surface area contributed by atoms with Gasteiger partial charge in [-0.3, -0.25) is 9.97 Å². The van der Waals surface area contributed by atoms with Crippen LogP contribution in [-0.2, 0) is 6.42 Å². The number of nitrogens with zero attached hydrogens (tertiary/aromatic N) is 4. The zero-order valence-corrected chi connectivity index (χ0v) is 22.1. The summed E-state index contributed by atoms with van der Waals surface area (Å²) in [7, 11) is 0. The molecule has 3 heterocycles. The number of aryl methyl sites for hydroxylation is 2. The first-order chi connectivity index (χ1) is 18.5. The Labute approximate surface area is 228 Å². The summed E-state index contributed by atoms with van der Waals surface area (Å²) in [6.07, 6.45) is 5.59. The van der Waals surface area contributed by atoms with Crippen molar-refractivity contribution in [2.45, 2.75) is 26.7 Å². The Bertz CT molecular complexity index is 1510. The predicted molar refractivity (Wildman–Crippen MR) is 151 cm³/mol. The topological polar surface area (TPSA) is 86.5 Å². The first-order valence-electron chi connectivity index (χ1n) is 12.1. The van der Waals surface area contributed by atoms with Crippen molar-refractivity contribution in [3.05, 3.63) is 131 Å². The van der Waals surface area contributed by atoms with E-state index < -0.39 is 0 Å². The second-order valence-corrected chi connectivity index (χ2v) is 8.71. The van der Waals surface area contributed by atoms with E-state index >= 15 is 0 Å². The van der Waals surface area contributed by atoms with Gasteiger partial charge in [0.25, 0.3) is 0 Å². The zero-order chi connectivity index (χ0) is 27.2. The molecule has 0 bridgehead atoms. The quantitative estimate of drug-likeness (QED) is 0.238. The summed E-state index contributed by atoms with van der Waals surface area (Å²) in [6, 6.07) is 32.3. The van der Waals surface area contributed by atoms with Gasteiger partial charge < -0.3 is 4.42 Å².